The summed E-state index contributed by atoms with van der Waals surface area (Å²) in [5, 5.41) is 13.1. The molecule has 1 aromatic carbocycles. The summed E-state index contributed by atoms with van der Waals surface area (Å²) in [6, 6.07) is 7.34. The minimum atomic E-state index is -0.715. The Morgan fingerprint density at radius 1 is 1.23 bits per heavy atom. The molecular weight excluding hydrogens is 278 g/mol. The Hall–Kier alpha value is -1.55. The summed E-state index contributed by atoms with van der Waals surface area (Å²) < 4.78 is 5.93. The predicted octanol–water partition coefficient (Wildman–Crippen LogP) is 3.04. The lowest BCUT2D eigenvalue weighted by molar-refractivity contribution is 0.0449. The predicted molar refractivity (Wildman–Crippen MR) is 85.1 cm³/mol. The molecule has 0 heterocycles. The van der Waals surface area contributed by atoms with Crippen LogP contribution in [0.1, 0.15) is 61.7 Å². The fourth-order valence-electron chi connectivity index (χ4n) is 3.47. The first kappa shape index (κ1) is 15.3. The number of carbonyl (C=O) groups is 1. The highest BCUT2D eigenvalue weighted by Crippen LogP contribution is 2.29. The topological polar surface area (TPSA) is 58.6 Å². The van der Waals surface area contributed by atoms with Gasteiger partial charge in [-0.1, -0.05) is 18.9 Å². The molecule has 0 unspecified atom stereocenters. The number of amides is 1. The van der Waals surface area contributed by atoms with Crippen molar-refractivity contribution in [3.05, 3.63) is 29.8 Å². The van der Waals surface area contributed by atoms with Gasteiger partial charge in [0.05, 0.1) is 11.7 Å². The Bertz CT molecular complexity index is 517. The van der Waals surface area contributed by atoms with Crippen LogP contribution in [0.15, 0.2) is 24.3 Å². The van der Waals surface area contributed by atoms with E-state index in [0.717, 1.165) is 44.3 Å². The molecule has 2 fully saturated rings. The van der Waals surface area contributed by atoms with Crippen molar-refractivity contribution < 1.29 is 14.6 Å². The van der Waals surface area contributed by atoms with Crippen LogP contribution >= 0.6 is 0 Å². The highest BCUT2D eigenvalue weighted by molar-refractivity contribution is 5.94. The van der Waals surface area contributed by atoms with Crippen molar-refractivity contribution in [2.75, 3.05) is 6.54 Å². The average molecular weight is 303 g/mol. The van der Waals surface area contributed by atoms with E-state index in [1.807, 2.05) is 12.1 Å². The molecule has 1 amide bonds. The number of hydrogen-bond donors (Lipinski definition) is 2. The maximum Gasteiger partial charge on any atom is 0.251 e. The summed E-state index contributed by atoms with van der Waals surface area (Å²) >= 11 is 0. The van der Waals surface area contributed by atoms with Gasteiger partial charge in [-0.25, -0.2) is 0 Å². The van der Waals surface area contributed by atoms with Gasteiger partial charge in [0, 0.05) is 12.1 Å². The third-order valence-electron chi connectivity index (χ3n) is 4.81. The van der Waals surface area contributed by atoms with E-state index in [0.29, 0.717) is 12.1 Å². The van der Waals surface area contributed by atoms with Crippen molar-refractivity contribution >= 4 is 5.91 Å². The van der Waals surface area contributed by atoms with E-state index in [-0.39, 0.29) is 12.0 Å². The molecule has 1 aromatic rings. The van der Waals surface area contributed by atoms with Crippen molar-refractivity contribution in [3.63, 3.8) is 0 Å². The lowest BCUT2D eigenvalue weighted by Crippen LogP contribution is -2.40. The minimum absolute atomic E-state index is 0.141. The Morgan fingerprint density at radius 3 is 2.68 bits per heavy atom. The van der Waals surface area contributed by atoms with Crippen LogP contribution < -0.4 is 10.1 Å². The lowest BCUT2D eigenvalue weighted by Gasteiger charge is -2.22. The molecule has 4 heteroatoms. The molecule has 2 aliphatic rings. The van der Waals surface area contributed by atoms with E-state index in [1.165, 1.54) is 12.8 Å². The number of ether oxygens (including phenoxy) is 1. The lowest BCUT2D eigenvalue weighted by atomic mass is 10.0. The first-order valence-corrected chi connectivity index (χ1v) is 8.42. The zero-order chi connectivity index (χ0) is 15.4. The highest BCUT2D eigenvalue weighted by Gasteiger charge is 2.31. The maximum absolute atomic E-state index is 12.3. The number of aliphatic hydroxyl groups is 1. The van der Waals surface area contributed by atoms with Crippen LogP contribution in [0.25, 0.3) is 0 Å². The molecule has 0 bridgehead atoms. The summed E-state index contributed by atoms with van der Waals surface area (Å²) in [6.07, 6.45) is 8.57. The summed E-state index contributed by atoms with van der Waals surface area (Å²) in [5.74, 6) is 0.622. The Kier molecular flexibility index (Phi) is 4.67. The Balaban J connectivity index is 1.57. The average Bonchev–Trinajstić information content (AvgIpc) is 3.17. The summed E-state index contributed by atoms with van der Waals surface area (Å²) in [5.41, 5.74) is -0.120. The van der Waals surface area contributed by atoms with Gasteiger partial charge in [0.2, 0.25) is 0 Å². The normalized spacial score (nSPS) is 21.0. The SMILES string of the molecule is O=C(NCC1(O)CCCC1)c1cccc(OC2CCCC2)c1. The van der Waals surface area contributed by atoms with E-state index in [2.05, 4.69) is 5.32 Å². The minimum Gasteiger partial charge on any atom is -0.490 e. The molecular formula is C18H25NO3. The third kappa shape index (κ3) is 3.80. The standard InChI is InChI=1S/C18H25NO3/c20-17(19-13-18(21)10-3-4-11-18)14-6-5-9-16(12-14)22-15-7-1-2-8-15/h5-6,9,12,15,21H,1-4,7-8,10-11,13H2,(H,19,20). The molecule has 0 aromatic heterocycles. The largest absolute Gasteiger partial charge is 0.490 e. The van der Waals surface area contributed by atoms with Crippen molar-refractivity contribution in [3.8, 4) is 5.75 Å². The Labute approximate surface area is 131 Å². The van der Waals surface area contributed by atoms with Crippen LogP contribution in [0.3, 0.4) is 0 Å². The van der Waals surface area contributed by atoms with Crippen molar-refractivity contribution in [1.82, 2.24) is 5.32 Å². The molecule has 2 saturated carbocycles. The van der Waals surface area contributed by atoms with Gasteiger partial charge in [0.25, 0.3) is 5.91 Å². The summed E-state index contributed by atoms with van der Waals surface area (Å²) in [6.45, 7) is 0.333. The van der Waals surface area contributed by atoms with Crippen LogP contribution in [0.2, 0.25) is 0 Å². The zero-order valence-electron chi connectivity index (χ0n) is 13.0. The van der Waals surface area contributed by atoms with Crippen LogP contribution in [-0.4, -0.2) is 29.3 Å². The number of hydrogen-bond acceptors (Lipinski definition) is 3. The molecule has 2 aliphatic carbocycles. The van der Waals surface area contributed by atoms with E-state index in [9.17, 15) is 9.90 Å². The molecule has 0 saturated heterocycles. The van der Waals surface area contributed by atoms with Crippen LogP contribution in [0.5, 0.6) is 5.75 Å². The third-order valence-corrected chi connectivity index (χ3v) is 4.81. The number of carbonyl (C=O) groups excluding carboxylic acids is 1. The number of benzene rings is 1. The molecule has 0 aliphatic heterocycles. The van der Waals surface area contributed by atoms with Gasteiger partial charge >= 0.3 is 0 Å². The van der Waals surface area contributed by atoms with Gasteiger partial charge in [-0.2, -0.15) is 0 Å². The maximum atomic E-state index is 12.3. The van der Waals surface area contributed by atoms with E-state index in [4.69, 9.17) is 4.74 Å². The first-order valence-electron chi connectivity index (χ1n) is 8.42. The second kappa shape index (κ2) is 6.69. The molecule has 0 radical (unpaired) electrons. The van der Waals surface area contributed by atoms with Crippen LogP contribution in [0.4, 0.5) is 0 Å². The first-order chi connectivity index (χ1) is 10.6. The second-order valence-electron chi connectivity index (χ2n) is 6.67. The van der Waals surface area contributed by atoms with E-state index < -0.39 is 5.60 Å². The van der Waals surface area contributed by atoms with Gasteiger partial charge < -0.3 is 15.2 Å². The second-order valence-corrected chi connectivity index (χ2v) is 6.67. The highest BCUT2D eigenvalue weighted by atomic mass is 16.5. The summed E-state index contributed by atoms with van der Waals surface area (Å²) in [4.78, 5) is 12.3. The Morgan fingerprint density at radius 2 is 1.95 bits per heavy atom. The van der Waals surface area contributed by atoms with Gasteiger partial charge in [0.1, 0.15) is 5.75 Å². The fourth-order valence-corrected chi connectivity index (χ4v) is 3.47. The smallest absolute Gasteiger partial charge is 0.251 e. The van der Waals surface area contributed by atoms with Crippen molar-refractivity contribution in [1.29, 1.82) is 0 Å². The molecule has 0 spiro atoms. The van der Waals surface area contributed by atoms with Gasteiger partial charge in [-0.3, -0.25) is 4.79 Å². The molecule has 4 nitrogen and oxygen atoms in total. The van der Waals surface area contributed by atoms with E-state index >= 15 is 0 Å². The summed E-state index contributed by atoms with van der Waals surface area (Å²) in [7, 11) is 0. The molecule has 22 heavy (non-hydrogen) atoms. The number of rotatable bonds is 5. The van der Waals surface area contributed by atoms with Gasteiger partial charge in [-0.05, 0) is 56.7 Å². The van der Waals surface area contributed by atoms with Gasteiger partial charge in [-0.15, -0.1) is 0 Å². The molecule has 0 atom stereocenters. The van der Waals surface area contributed by atoms with E-state index in [1.54, 1.807) is 12.1 Å². The zero-order valence-corrected chi connectivity index (χ0v) is 13.0. The van der Waals surface area contributed by atoms with Crippen molar-refractivity contribution in [2.24, 2.45) is 0 Å². The molecule has 3 rings (SSSR count). The number of nitrogens with one attached hydrogen (secondary N) is 1. The fraction of sp³-hybridized carbons (Fsp3) is 0.611. The van der Waals surface area contributed by atoms with Gasteiger partial charge in [0.15, 0.2) is 0 Å². The van der Waals surface area contributed by atoms with Crippen LogP contribution in [-0.2, 0) is 0 Å². The monoisotopic (exact) mass is 303 g/mol. The van der Waals surface area contributed by atoms with Crippen molar-refractivity contribution in [2.45, 2.75) is 63.1 Å². The molecule has 2 N–H and O–H groups in total. The van der Waals surface area contributed by atoms with Crippen LogP contribution in [0, 0.1) is 0 Å². The quantitative estimate of drug-likeness (QED) is 0.879. The molecule has 120 valence electrons.